The van der Waals surface area contributed by atoms with Crippen molar-refractivity contribution >= 4 is 28.4 Å². The Labute approximate surface area is 170 Å². The third-order valence-corrected chi connectivity index (χ3v) is 5.30. The topological polar surface area (TPSA) is 73.6 Å². The smallest absolute Gasteiger partial charge is 0.296 e. The Bertz CT molecular complexity index is 1360. The first-order valence-electron chi connectivity index (χ1n) is 8.94. The Balaban J connectivity index is 1.70. The fourth-order valence-corrected chi connectivity index (χ4v) is 3.75. The van der Waals surface area contributed by atoms with E-state index >= 15 is 0 Å². The molecule has 0 fully saturated rings. The molecule has 2 aromatic carbocycles. The van der Waals surface area contributed by atoms with E-state index in [1.54, 1.807) is 19.3 Å². The molecule has 0 aliphatic rings. The number of thiazole rings is 1. The zero-order valence-corrected chi connectivity index (χ0v) is 16.4. The molecule has 0 amide bonds. The van der Waals surface area contributed by atoms with E-state index in [0.29, 0.717) is 11.0 Å². The van der Waals surface area contributed by atoms with Crippen molar-refractivity contribution in [1.29, 1.82) is 0 Å². The van der Waals surface area contributed by atoms with Crippen LogP contribution in [0, 0.1) is 0 Å². The molecule has 0 unspecified atom stereocenters. The number of allylic oxidation sites excluding steroid dienone is 1. The van der Waals surface area contributed by atoms with Crippen molar-refractivity contribution in [2.75, 3.05) is 7.11 Å². The summed E-state index contributed by atoms with van der Waals surface area (Å²) < 4.78 is 6.96. The minimum atomic E-state index is -0.411. The van der Waals surface area contributed by atoms with Gasteiger partial charge in [-0.25, -0.2) is 0 Å². The van der Waals surface area contributed by atoms with Crippen LogP contribution in [0.4, 0.5) is 0 Å². The first kappa shape index (κ1) is 18.8. The van der Waals surface area contributed by atoms with E-state index in [4.69, 9.17) is 4.74 Å². The molecule has 4 aromatic rings. The van der Waals surface area contributed by atoms with Crippen LogP contribution in [0.1, 0.15) is 16.8 Å². The van der Waals surface area contributed by atoms with Crippen LogP contribution < -0.4 is 20.4 Å². The summed E-state index contributed by atoms with van der Waals surface area (Å²) in [5.41, 5.74) is 1.38. The van der Waals surface area contributed by atoms with Crippen LogP contribution in [0.5, 0.6) is 5.75 Å². The second-order valence-electron chi connectivity index (χ2n) is 6.26. The van der Waals surface area contributed by atoms with Gasteiger partial charge < -0.3 is 4.74 Å². The summed E-state index contributed by atoms with van der Waals surface area (Å²) in [6, 6.07) is 17.1. The Morgan fingerprint density at radius 1 is 1.07 bits per heavy atom. The van der Waals surface area contributed by atoms with Gasteiger partial charge in [-0.15, -0.1) is 0 Å². The lowest BCUT2D eigenvalue weighted by Crippen LogP contribution is -2.27. The van der Waals surface area contributed by atoms with Crippen LogP contribution in [-0.4, -0.2) is 21.7 Å². The monoisotopic (exact) mass is 403 g/mol. The summed E-state index contributed by atoms with van der Waals surface area (Å²) in [4.78, 5) is 29.3. The van der Waals surface area contributed by atoms with Gasteiger partial charge in [0.2, 0.25) is 4.96 Å². The average molecular weight is 403 g/mol. The second kappa shape index (κ2) is 8.20. The van der Waals surface area contributed by atoms with Gasteiger partial charge in [-0.2, -0.15) is 14.6 Å². The number of fused-ring (bicyclic) bond motifs is 1. The molecule has 0 bridgehead atoms. The molecule has 29 heavy (non-hydrogen) atoms. The maximum absolute atomic E-state index is 12.7. The van der Waals surface area contributed by atoms with Gasteiger partial charge in [0, 0.05) is 12.0 Å². The first-order valence-corrected chi connectivity index (χ1v) is 9.75. The van der Waals surface area contributed by atoms with Gasteiger partial charge in [-0.05, 0) is 17.7 Å². The van der Waals surface area contributed by atoms with E-state index < -0.39 is 5.56 Å². The lowest BCUT2D eigenvalue weighted by Gasteiger charge is -2.02. The number of para-hydroxylation sites is 1. The predicted molar refractivity (Wildman–Crippen MR) is 114 cm³/mol. The van der Waals surface area contributed by atoms with Crippen LogP contribution >= 0.6 is 11.3 Å². The third-order valence-electron chi connectivity index (χ3n) is 4.33. The van der Waals surface area contributed by atoms with Gasteiger partial charge in [-0.1, -0.05) is 72.0 Å². The van der Waals surface area contributed by atoms with E-state index in [-0.39, 0.29) is 16.2 Å². The van der Waals surface area contributed by atoms with Crippen LogP contribution in [0.25, 0.3) is 17.1 Å². The zero-order chi connectivity index (χ0) is 20.2. The number of hydrogen-bond acceptors (Lipinski definition) is 6. The van der Waals surface area contributed by atoms with E-state index in [2.05, 4.69) is 10.1 Å². The van der Waals surface area contributed by atoms with Crippen molar-refractivity contribution in [3.63, 3.8) is 0 Å². The molecular formula is C22H17N3O3S. The lowest BCUT2D eigenvalue weighted by molar-refractivity contribution is 0.414. The first-order chi connectivity index (χ1) is 14.2. The highest BCUT2D eigenvalue weighted by atomic mass is 32.1. The van der Waals surface area contributed by atoms with E-state index in [0.717, 1.165) is 28.2 Å². The van der Waals surface area contributed by atoms with Crippen LogP contribution in [-0.2, 0) is 6.42 Å². The van der Waals surface area contributed by atoms with Gasteiger partial charge in [0.15, 0.2) is 0 Å². The molecule has 144 valence electrons. The zero-order valence-electron chi connectivity index (χ0n) is 15.6. The molecule has 0 aliphatic carbocycles. The Morgan fingerprint density at radius 2 is 1.83 bits per heavy atom. The van der Waals surface area contributed by atoms with E-state index in [1.807, 2.05) is 60.7 Å². The van der Waals surface area contributed by atoms with Crippen molar-refractivity contribution in [3.05, 3.63) is 103 Å². The summed E-state index contributed by atoms with van der Waals surface area (Å²) in [6.45, 7) is 0. The molecule has 4 rings (SSSR count). The van der Waals surface area contributed by atoms with Gasteiger partial charge >= 0.3 is 0 Å². The number of nitrogens with zero attached hydrogens (tertiary/aromatic N) is 3. The summed E-state index contributed by atoms with van der Waals surface area (Å²) in [7, 11) is 1.61. The van der Waals surface area contributed by atoms with E-state index in [9.17, 15) is 9.59 Å². The maximum atomic E-state index is 12.7. The Kier molecular flexibility index (Phi) is 5.31. The largest absolute Gasteiger partial charge is 0.496 e. The van der Waals surface area contributed by atoms with Crippen molar-refractivity contribution in [1.82, 2.24) is 14.6 Å². The summed E-state index contributed by atoms with van der Waals surface area (Å²) in [6.07, 6.45) is 5.65. The number of methoxy groups -OCH3 is 1. The van der Waals surface area contributed by atoms with Gasteiger partial charge in [0.1, 0.15) is 11.4 Å². The summed E-state index contributed by atoms with van der Waals surface area (Å²) in [5.74, 6) is 0.745. The average Bonchev–Trinajstić information content (AvgIpc) is 3.04. The fourth-order valence-electron chi connectivity index (χ4n) is 2.90. The third kappa shape index (κ3) is 4.00. The fraction of sp³-hybridized carbons (Fsp3) is 0.0909. The van der Waals surface area contributed by atoms with Crippen molar-refractivity contribution < 1.29 is 4.74 Å². The molecule has 0 saturated carbocycles. The number of hydrogen-bond donors (Lipinski definition) is 0. The summed E-state index contributed by atoms with van der Waals surface area (Å²) >= 11 is 1.14. The van der Waals surface area contributed by atoms with Gasteiger partial charge in [0.25, 0.3) is 11.1 Å². The molecule has 0 atom stereocenters. The number of benzene rings is 2. The highest BCUT2D eigenvalue weighted by molar-refractivity contribution is 7.15. The molecule has 0 aliphatic heterocycles. The van der Waals surface area contributed by atoms with Gasteiger partial charge in [0.05, 0.1) is 11.6 Å². The number of rotatable bonds is 5. The number of aromatic nitrogens is 3. The molecule has 2 aromatic heterocycles. The van der Waals surface area contributed by atoms with Crippen LogP contribution in [0.3, 0.4) is 0 Å². The van der Waals surface area contributed by atoms with Crippen molar-refractivity contribution in [2.45, 2.75) is 6.42 Å². The highest BCUT2D eigenvalue weighted by Crippen LogP contribution is 2.18. The molecule has 2 heterocycles. The predicted octanol–water partition coefficient (Wildman–Crippen LogP) is 2.32. The van der Waals surface area contributed by atoms with Crippen molar-refractivity contribution in [2.24, 2.45) is 0 Å². The van der Waals surface area contributed by atoms with Crippen LogP contribution in [0.2, 0.25) is 0 Å². The van der Waals surface area contributed by atoms with Crippen molar-refractivity contribution in [3.8, 4) is 5.75 Å². The number of ether oxygens (including phenoxy) is 1. The second-order valence-corrected chi connectivity index (χ2v) is 7.27. The molecular weight excluding hydrogens is 386 g/mol. The molecule has 0 saturated heterocycles. The molecule has 6 nitrogen and oxygen atoms in total. The minimum absolute atomic E-state index is 0.250. The quantitative estimate of drug-likeness (QED) is 0.511. The molecule has 7 heteroatoms. The molecule has 0 N–H and O–H groups in total. The highest BCUT2D eigenvalue weighted by Gasteiger charge is 2.11. The SMILES string of the molecule is COc1ccccc1/C=C/C=c1/sc2nc(=O)c(Cc3ccccc3)nn2c1=O. The Hall–Kier alpha value is -3.58. The minimum Gasteiger partial charge on any atom is -0.496 e. The van der Waals surface area contributed by atoms with Gasteiger partial charge in [-0.3, -0.25) is 9.59 Å². The normalized spacial score (nSPS) is 12.1. The lowest BCUT2D eigenvalue weighted by atomic mass is 10.1. The molecule has 0 spiro atoms. The Morgan fingerprint density at radius 3 is 2.62 bits per heavy atom. The summed E-state index contributed by atoms with van der Waals surface area (Å²) in [5, 5.41) is 4.26. The van der Waals surface area contributed by atoms with E-state index in [1.165, 1.54) is 4.52 Å². The van der Waals surface area contributed by atoms with Crippen LogP contribution in [0.15, 0.2) is 70.3 Å². The molecule has 0 radical (unpaired) electrons. The standard InChI is InChI=1S/C22H17N3O3S/c1-28-18-12-6-5-10-16(18)11-7-13-19-21(27)25-22(29-19)23-20(26)17(24-25)14-15-8-3-2-4-9-15/h2-13H,14H2,1H3/b11-7+,19-13+. The maximum Gasteiger partial charge on any atom is 0.296 e.